The summed E-state index contributed by atoms with van der Waals surface area (Å²) in [5.74, 6) is 0.983. The Morgan fingerprint density at radius 2 is 1.82 bits per heavy atom. The van der Waals surface area contributed by atoms with Crippen molar-refractivity contribution < 1.29 is 8.42 Å². The van der Waals surface area contributed by atoms with Gasteiger partial charge in [-0.3, -0.25) is 4.99 Å². The third kappa shape index (κ3) is 16.3. The lowest BCUT2D eigenvalue weighted by molar-refractivity contribution is 0.537. The van der Waals surface area contributed by atoms with Crippen LogP contribution in [0.3, 0.4) is 0 Å². The molecule has 0 aliphatic rings. The molecule has 5 nitrogen and oxygen atoms in total. The summed E-state index contributed by atoms with van der Waals surface area (Å²) in [6.07, 6.45) is 8.03. The highest BCUT2D eigenvalue weighted by Gasteiger charge is 2.05. The first-order valence-corrected chi connectivity index (χ1v) is 10.2. The van der Waals surface area contributed by atoms with Gasteiger partial charge in [0.15, 0.2) is 5.96 Å². The molecule has 0 aromatic carbocycles. The zero-order chi connectivity index (χ0) is 16.1. The van der Waals surface area contributed by atoms with Crippen molar-refractivity contribution in [3.63, 3.8) is 0 Å². The molecule has 0 heterocycles. The number of nitrogens with zero attached hydrogens (tertiary/aromatic N) is 1. The summed E-state index contributed by atoms with van der Waals surface area (Å²) in [6.45, 7) is 7.74. The van der Waals surface area contributed by atoms with Crippen LogP contribution < -0.4 is 10.6 Å². The van der Waals surface area contributed by atoms with E-state index in [9.17, 15) is 8.42 Å². The second-order valence-electron chi connectivity index (χ2n) is 5.64. The number of rotatable bonds is 11. The van der Waals surface area contributed by atoms with Crippen molar-refractivity contribution in [2.24, 2.45) is 4.99 Å². The fourth-order valence-electron chi connectivity index (χ4n) is 2.02. The average molecular weight is 447 g/mol. The van der Waals surface area contributed by atoms with Crippen LogP contribution in [0, 0.1) is 0 Å². The predicted molar refractivity (Wildman–Crippen MR) is 107 cm³/mol. The van der Waals surface area contributed by atoms with Crippen LogP contribution >= 0.6 is 24.0 Å². The number of halogens is 1. The topological polar surface area (TPSA) is 70.6 Å². The van der Waals surface area contributed by atoms with Gasteiger partial charge in [-0.1, -0.05) is 32.6 Å². The molecule has 22 heavy (non-hydrogen) atoms. The van der Waals surface area contributed by atoms with E-state index in [4.69, 9.17) is 0 Å². The Labute approximate surface area is 154 Å². The number of nitrogens with one attached hydrogen (secondary N) is 2. The van der Waals surface area contributed by atoms with E-state index >= 15 is 0 Å². The summed E-state index contributed by atoms with van der Waals surface area (Å²) in [4.78, 5) is 4.43. The molecule has 0 saturated heterocycles. The highest BCUT2D eigenvalue weighted by molar-refractivity contribution is 14.0. The summed E-state index contributed by atoms with van der Waals surface area (Å²) in [7, 11) is -2.88. The largest absolute Gasteiger partial charge is 0.357 e. The molecule has 2 N–H and O–H groups in total. The predicted octanol–water partition coefficient (Wildman–Crippen LogP) is 2.95. The Bertz CT molecular complexity index is 386. The molecule has 0 saturated carbocycles. The lowest BCUT2D eigenvalue weighted by atomic mass is 10.1. The molecule has 0 bridgehead atoms. The number of hydrogen-bond acceptors (Lipinski definition) is 3. The number of unbranched alkanes of at least 4 members (excludes halogenated alkanes) is 3. The quantitative estimate of drug-likeness (QED) is 0.221. The summed E-state index contributed by atoms with van der Waals surface area (Å²) in [5, 5.41) is 6.58. The Kier molecular flexibility index (Phi) is 16.0. The fraction of sp³-hybridized carbons (Fsp3) is 0.933. The summed E-state index contributed by atoms with van der Waals surface area (Å²) in [6, 6.07) is 0.384. The molecule has 0 amide bonds. The van der Waals surface area contributed by atoms with Crippen LogP contribution in [0.25, 0.3) is 0 Å². The van der Waals surface area contributed by atoms with Gasteiger partial charge in [0.2, 0.25) is 0 Å². The van der Waals surface area contributed by atoms with E-state index in [1.54, 1.807) is 0 Å². The summed E-state index contributed by atoms with van der Waals surface area (Å²) >= 11 is 0. The summed E-state index contributed by atoms with van der Waals surface area (Å²) in [5.41, 5.74) is 0. The highest BCUT2D eigenvalue weighted by Crippen LogP contribution is 2.05. The maximum atomic E-state index is 11.1. The average Bonchev–Trinajstić information content (AvgIpc) is 2.39. The van der Waals surface area contributed by atoms with Crippen LogP contribution in [0.15, 0.2) is 4.99 Å². The van der Waals surface area contributed by atoms with E-state index in [0.29, 0.717) is 19.0 Å². The molecule has 0 radical (unpaired) electrons. The minimum absolute atomic E-state index is 0. The van der Waals surface area contributed by atoms with Gasteiger partial charge in [0, 0.05) is 25.4 Å². The van der Waals surface area contributed by atoms with Gasteiger partial charge in [0.25, 0.3) is 0 Å². The van der Waals surface area contributed by atoms with Crippen molar-refractivity contribution in [1.29, 1.82) is 0 Å². The zero-order valence-corrected chi connectivity index (χ0v) is 17.7. The lowest BCUT2D eigenvalue weighted by Crippen LogP contribution is -2.42. The van der Waals surface area contributed by atoms with Crippen LogP contribution in [0.2, 0.25) is 0 Å². The Balaban J connectivity index is 0. The van der Waals surface area contributed by atoms with Crippen molar-refractivity contribution in [2.45, 2.75) is 65.3 Å². The molecule has 134 valence electrons. The van der Waals surface area contributed by atoms with Crippen molar-refractivity contribution >= 4 is 39.8 Å². The summed E-state index contributed by atoms with van der Waals surface area (Å²) < 4.78 is 22.1. The highest BCUT2D eigenvalue weighted by atomic mass is 127. The van der Waals surface area contributed by atoms with Crippen LogP contribution in [-0.2, 0) is 9.84 Å². The Hall–Kier alpha value is -0.0500. The molecule has 0 aliphatic carbocycles. The number of sulfone groups is 1. The number of guanidine groups is 1. The van der Waals surface area contributed by atoms with Crippen LogP contribution in [0.4, 0.5) is 0 Å². The number of aliphatic imine (C=N–C) groups is 1. The molecule has 0 aromatic rings. The molecule has 1 atom stereocenters. The van der Waals surface area contributed by atoms with Crippen LogP contribution in [0.5, 0.6) is 0 Å². The van der Waals surface area contributed by atoms with E-state index in [-0.39, 0.29) is 29.7 Å². The molecule has 0 rings (SSSR count). The molecular weight excluding hydrogens is 413 g/mol. The molecule has 0 spiro atoms. The van der Waals surface area contributed by atoms with Crippen molar-refractivity contribution in [3.8, 4) is 0 Å². The van der Waals surface area contributed by atoms with E-state index in [0.717, 1.165) is 18.9 Å². The van der Waals surface area contributed by atoms with Gasteiger partial charge in [-0.05, 0) is 26.7 Å². The molecule has 7 heteroatoms. The third-order valence-corrected chi connectivity index (χ3v) is 4.19. The first kappa shape index (κ1) is 24.2. The monoisotopic (exact) mass is 447 g/mol. The third-order valence-electron chi connectivity index (χ3n) is 3.16. The van der Waals surface area contributed by atoms with E-state index in [1.165, 1.54) is 31.9 Å². The number of hydrogen-bond donors (Lipinski definition) is 2. The van der Waals surface area contributed by atoms with Gasteiger partial charge in [-0.2, -0.15) is 0 Å². The van der Waals surface area contributed by atoms with Crippen LogP contribution in [0.1, 0.15) is 59.3 Å². The maximum absolute atomic E-state index is 11.1. The van der Waals surface area contributed by atoms with E-state index in [1.807, 2.05) is 6.92 Å². The SMILES string of the molecule is CCCCCCC(C)NC(=NCCCS(C)(=O)=O)NCC.I. The van der Waals surface area contributed by atoms with Gasteiger partial charge in [-0.15, -0.1) is 24.0 Å². The van der Waals surface area contributed by atoms with Crippen molar-refractivity contribution in [1.82, 2.24) is 10.6 Å². The lowest BCUT2D eigenvalue weighted by Gasteiger charge is -2.17. The first-order chi connectivity index (χ1) is 9.89. The van der Waals surface area contributed by atoms with E-state index < -0.39 is 9.84 Å². The Morgan fingerprint density at radius 1 is 1.14 bits per heavy atom. The molecular formula is C15H34IN3O2S. The zero-order valence-electron chi connectivity index (χ0n) is 14.5. The molecule has 0 aromatic heterocycles. The van der Waals surface area contributed by atoms with Gasteiger partial charge in [0.05, 0.1) is 5.75 Å². The minimum atomic E-state index is -2.88. The van der Waals surface area contributed by atoms with Gasteiger partial charge in [-0.25, -0.2) is 8.42 Å². The van der Waals surface area contributed by atoms with Crippen molar-refractivity contribution in [2.75, 3.05) is 25.1 Å². The molecule has 1 unspecified atom stereocenters. The van der Waals surface area contributed by atoms with Gasteiger partial charge < -0.3 is 10.6 Å². The van der Waals surface area contributed by atoms with Gasteiger partial charge in [0.1, 0.15) is 9.84 Å². The standard InChI is InChI=1S/C15H33N3O2S.HI/c1-5-7-8-9-11-14(3)18-15(16-6-2)17-12-10-13-21(4,19)20;/h14H,5-13H2,1-4H3,(H2,16,17,18);1H. The smallest absolute Gasteiger partial charge is 0.191 e. The van der Waals surface area contributed by atoms with Gasteiger partial charge >= 0.3 is 0 Å². The normalized spacial score (nSPS) is 13.4. The maximum Gasteiger partial charge on any atom is 0.191 e. The molecule has 0 fully saturated rings. The van der Waals surface area contributed by atoms with Crippen molar-refractivity contribution in [3.05, 3.63) is 0 Å². The molecule has 0 aliphatic heterocycles. The Morgan fingerprint density at radius 3 is 2.36 bits per heavy atom. The first-order valence-electron chi connectivity index (χ1n) is 8.11. The minimum Gasteiger partial charge on any atom is -0.357 e. The van der Waals surface area contributed by atoms with E-state index in [2.05, 4.69) is 29.5 Å². The second-order valence-corrected chi connectivity index (χ2v) is 7.90. The second kappa shape index (κ2) is 14.5. The fourth-order valence-corrected chi connectivity index (χ4v) is 2.67. The van der Waals surface area contributed by atoms with Crippen LogP contribution in [-0.4, -0.2) is 45.5 Å².